The number of ether oxygens (including phenoxy) is 2. The summed E-state index contributed by atoms with van der Waals surface area (Å²) in [6.07, 6.45) is 2.29. The molecule has 2 aromatic heterocycles. The number of carbonyl (C=O) groups excluding carboxylic acids is 3. The van der Waals surface area contributed by atoms with Crippen molar-refractivity contribution in [1.82, 2.24) is 0 Å². The first-order valence-corrected chi connectivity index (χ1v) is 10.2. The maximum atomic E-state index is 12.6. The normalized spacial score (nSPS) is 13.8. The van der Waals surface area contributed by atoms with Crippen molar-refractivity contribution < 1.29 is 33.2 Å². The van der Waals surface area contributed by atoms with Crippen molar-refractivity contribution in [2.24, 2.45) is 0 Å². The highest BCUT2D eigenvalue weighted by Crippen LogP contribution is 2.38. The summed E-state index contributed by atoms with van der Waals surface area (Å²) in [4.78, 5) is 48.0. The Morgan fingerprint density at radius 3 is 2.67 bits per heavy atom. The lowest BCUT2D eigenvalue weighted by Crippen LogP contribution is -2.30. The van der Waals surface area contributed by atoms with E-state index in [0.717, 1.165) is 48.3 Å². The van der Waals surface area contributed by atoms with Gasteiger partial charge in [-0.1, -0.05) is 0 Å². The summed E-state index contributed by atoms with van der Waals surface area (Å²) in [5, 5.41) is 13.7. The molecule has 0 bridgehead atoms. The Kier molecular flexibility index (Phi) is 6.50. The van der Waals surface area contributed by atoms with E-state index in [2.05, 4.69) is 5.32 Å². The van der Waals surface area contributed by atoms with Gasteiger partial charge in [0.15, 0.2) is 6.10 Å². The molecule has 0 aromatic carbocycles. The highest BCUT2D eigenvalue weighted by molar-refractivity contribution is 7.17. The van der Waals surface area contributed by atoms with Crippen LogP contribution in [-0.4, -0.2) is 35.5 Å². The quantitative estimate of drug-likeness (QED) is 0.395. The molecule has 30 heavy (non-hydrogen) atoms. The third kappa shape index (κ3) is 4.51. The largest absolute Gasteiger partial charge is 0.462 e. The molecule has 1 atom stereocenters. The molecule has 1 amide bonds. The van der Waals surface area contributed by atoms with Gasteiger partial charge in [-0.3, -0.25) is 14.9 Å². The zero-order valence-electron chi connectivity index (χ0n) is 16.4. The van der Waals surface area contributed by atoms with Crippen LogP contribution in [-0.2, 0) is 27.1 Å². The number of fused-ring (bicyclic) bond motifs is 1. The molecule has 0 saturated carbocycles. The fraction of sp³-hybridized carbons (Fsp3) is 0.421. The van der Waals surface area contributed by atoms with Crippen LogP contribution in [0, 0.1) is 10.1 Å². The zero-order valence-corrected chi connectivity index (χ0v) is 17.2. The Bertz CT molecular complexity index is 993. The maximum absolute atomic E-state index is 12.6. The molecule has 1 N–H and O–H groups in total. The predicted octanol–water partition coefficient (Wildman–Crippen LogP) is 3.49. The molecule has 0 fully saturated rings. The average molecular weight is 436 g/mol. The molecular formula is C19H20N2O8S. The molecule has 160 valence electrons. The van der Waals surface area contributed by atoms with Crippen molar-refractivity contribution in [3.8, 4) is 0 Å². The van der Waals surface area contributed by atoms with E-state index in [4.69, 9.17) is 13.9 Å². The van der Waals surface area contributed by atoms with E-state index in [1.807, 2.05) is 0 Å². The number of furan rings is 1. The molecular weight excluding hydrogens is 416 g/mol. The van der Waals surface area contributed by atoms with E-state index in [1.165, 1.54) is 18.3 Å². The van der Waals surface area contributed by atoms with Crippen LogP contribution in [0.2, 0.25) is 0 Å². The molecule has 0 saturated heterocycles. The Morgan fingerprint density at radius 2 is 2.00 bits per heavy atom. The number of carbonyl (C=O) groups is 3. The molecule has 11 heteroatoms. The number of hydrogen-bond donors (Lipinski definition) is 1. The standard InChI is InChI=1S/C19H20N2O8S/c1-3-27-19(24)15-11-6-4-5-7-13(11)30-17(15)20-16(22)10(2)28-18(23)12-8-9-14(29-12)21(25)26/h8-10H,3-7H2,1-2H3,(H,20,22)/t10-/m0/s1. The van der Waals surface area contributed by atoms with Gasteiger partial charge in [0, 0.05) is 4.88 Å². The zero-order chi connectivity index (χ0) is 21.8. The van der Waals surface area contributed by atoms with E-state index in [0.29, 0.717) is 10.6 Å². The van der Waals surface area contributed by atoms with Crippen molar-refractivity contribution in [1.29, 1.82) is 0 Å². The number of rotatable bonds is 7. The number of esters is 2. The van der Waals surface area contributed by atoms with E-state index in [-0.39, 0.29) is 12.4 Å². The number of hydrogen-bond acceptors (Lipinski definition) is 9. The predicted molar refractivity (Wildman–Crippen MR) is 106 cm³/mol. The minimum absolute atomic E-state index is 0.208. The van der Waals surface area contributed by atoms with Gasteiger partial charge in [-0.05, 0) is 51.2 Å². The summed E-state index contributed by atoms with van der Waals surface area (Å²) in [5.74, 6) is -3.16. The molecule has 0 aliphatic heterocycles. The lowest BCUT2D eigenvalue weighted by molar-refractivity contribution is -0.402. The fourth-order valence-corrected chi connectivity index (χ4v) is 4.37. The third-order valence-electron chi connectivity index (χ3n) is 4.51. The van der Waals surface area contributed by atoms with Gasteiger partial charge < -0.3 is 19.2 Å². The molecule has 3 rings (SSSR count). The molecule has 1 aliphatic carbocycles. The van der Waals surface area contributed by atoms with Gasteiger partial charge in [0.25, 0.3) is 5.91 Å². The minimum atomic E-state index is -1.23. The molecule has 10 nitrogen and oxygen atoms in total. The Balaban J connectivity index is 1.73. The maximum Gasteiger partial charge on any atom is 0.433 e. The van der Waals surface area contributed by atoms with Crippen LogP contribution in [0.3, 0.4) is 0 Å². The van der Waals surface area contributed by atoms with Crippen LogP contribution in [0.25, 0.3) is 0 Å². The first-order valence-electron chi connectivity index (χ1n) is 9.39. The first-order chi connectivity index (χ1) is 14.3. The van der Waals surface area contributed by atoms with Crippen molar-refractivity contribution in [3.05, 3.63) is 44.0 Å². The number of nitrogens with one attached hydrogen (secondary N) is 1. The highest BCUT2D eigenvalue weighted by Gasteiger charge is 2.29. The third-order valence-corrected chi connectivity index (χ3v) is 5.72. The number of anilines is 1. The van der Waals surface area contributed by atoms with Crippen LogP contribution < -0.4 is 5.32 Å². The van der Waals surface area contributed by atoms with Crippen LogP contribution in [0.4, 0.5) is 10.9 Å². The number of nitrogens with zero attached hydrogens (tertiary/aromatic N) is 1. The van der Waals surface area contributed by atoms with Crippen molar-refractivity contribution >= 4 is 40.1 Å². The Labute approximate surface area is 175 Å². The first kappa shape index (κ1) is 21.5. The molecule has 0 unspecified atom stereocenters. The topological polar surface area (TPSA) is 138 Å². The van der Waals surface area contributed by atoms with Gasteiger partial charge in [-0.25, -0.2) is 9.59 Å². The second kappa shape index (κ2) is 9.08. The van der Waals surface area contributed by atoms with Gasteiger partial charge >= 0.3 is 17.8 Å². The van der Waals surface area contributed by atoms with E-state index < -0.39 is 34.8 Å². The van der Waals surface area contributed by atoms with Crippen molar-refractivity contribution in [2.45, 2.75) is 45.6 Å². The van der Waals surface area contributed by atoms with Gasteiger partial charge in [0.1, 0.15) is 9.92 Å². The molecule has 2 heterocycles. The molecule has 1 aliphatic rings. The van der Waals surface area contributed by atoms with Crippen LogP contribution in [0.15, 0.2) is 16.5 Å². The molecule has 0 spiro atoms. The Hall–Kier alpha value is -3.21. The van der Waals surface area contributed by atoms with Crippen LogP contribution in [0.5, 0.6) is 0 Å². The summed E-state index contributed by atoms with van der Waals surface area (Å²) in [6.45, 7) is 3.26. The lowest BCUT2D eigenvalue weighted by atomic mass is 9.95. The summed E-state index contributed by atoms with van der Waals surface area (Å²) in [6, 6.07) is 2.11. The van der Waals surface area contributed by atoms with Gasteiger partial charge in [0.05, 0.1) is 18.2 Å². The lowest BCUT2D eigenvalue weighted by Gasteiger charge is -2.14. The highest BCUT2D eigenvalue weighted by atomic mass is 32.1. The summed E-state index contributed by atoms with van der Waals surface area (Å²) in [5.41, 5.74) is 1.25. The van der Waals surface area contributed by atoms with Crippen molar-refractivity contribution in [3.63, 3.8) is 0 Å². The second-order valence-electron chi connectivity index (χ2n) is 6.57. The van der Waals surface area contributed by atoms with E-state index >= 15 is 0 Å². The van der Waals surface area contributed by atoms with Gasteiger partial charge in [0.2, 0.25) is 5.76 Å². The smallest absolute Gasteiger partial charge is 0.433 e. The second-order valence-corrected chi connectivity index (χ2v) is 7.67. The Morgan fingerprint density at radius 1 is 1.27 bits per heavy atom. The van der Waals surface area contributed by atoms with Gasteiger partial charge in [-0.2, -0.15) is 0 Å². The number of nitro groups is 1. The average Bonchev–Trinajstić information content (AvgIpc) is 3.33. The number of thiophene rings is 1. The SMILES string of the molecule is CCOC(=O)c1c(NC(=O)[C@H](C)OC(=O)c2ccc([N+](=O)[O-])o2)sc2c1CCCC2. The number of amides is 1. The van der Waals surface area contributed by atoms with Gasteiger partial charge in [-0.15, -0.1) is 11.3 Å². The summed E-state index contributed by atoms with van der Waals surface area (Å²) >= 11 is 1.32. The van der Waals surface area contributed by atoms with Crippen LogP contribution in [0.1, 0.15) is 58.0 Å². The summed E-state index contributed by atoms with van der Waals surface area (Å²) in [7, 11) is 0. The summed E-state index contributed by atoms with van der Waals surface area (Å²) < 4.78 is 15.0. The van der Waals surface area contributed by atoms with Crippen LogP contribution >= 0.6 is 11.3 Å². The van der Waals surface area contributed by atoms with E-state index in [1.54, 1.807) is 6.92 Å². The minimum Gasteiger partial charge on any atom is -0.462 e. The monoisotopic (exact) mass is 436 g/mol. The van der Waals surface area contributed by atoms with E-state index in [9.17, 15) is 24.5 Å². The molecule has 0 radical (unpaired) electrons. The number of aryl methyl sites for hydroxylation is 1. The fourth-order valence-electron chi connectivity index (χ4n) is 3.09. The van der Waals surface area contributed by atoms with Crippen molar-refractivity contribution in [2.75, 3.05) is 11.9 Å². The molecule has 2 aromatic rings.